The van der Waals surface area contributed by atoms with Crippen molar-refractivity contribution in [1.82, 2.24) is 9.88 Å². The summed E-state index contributed by atoms with van der Waals surface area (Å²) in [5, 5.41) is 3.16. The van der Waals surface area contributed by atoms with E-state index in [9.17, 15) is 4.79 Å². The van der Waals surface area contributed by atoms with Crippen LogP contribution in [0.5, 0.6) is 0 Å². The van der Waals surface area contributed by atoms with Gasteiger partial charge in [0, 0.05) is 30.9 Å². The normalized spacial score (nSPS) is 10.3. The van der Waals surface area contributed by atoms with Gasteiger partial charge in [0.15, 0.2) is 0 Å². The number of nitrogens with zero attached hydrogens (tertiary/aromatic N) is 2. The molecule has 0 atom stereocenters. The van der Waals surface area contributed by atoms with Gasteiger partial charge in [0.25, 0.3) is 5.91 Å². The zero-order valence-corrected chi connectivity index (χ0v) is 12.5. The lowest BCUT2D eigenvalue weighted by Crippen LogP contribution is -2.31. The lowest BCUT2D eigenvalue weighted by molar-refractivity contribution is 0.0762. The number of nitrogens with one attached hydrogen (secondary N) is 1. The highest BCUT2D eigenvalue weighted by atomic mass is 16.2. The van der Waals surface area contributed by atoms with Crippen molar-refractivity contribution in [3.63, 3.8) is 0 Å². The summed E-state index contributed by atoms with van der Waals surface area (Å²) in [5.41, 5.74) is 1.59. The summed E-state index contributed by atoms with van der Waals surface area (Å²) in [6.45, 7) is 10.5. The molecule has 0 saturated heterocycles. The van der Waals surface area contributed by atoms with Crippen LogP contribution in [0.15, 0.2) is 12.1 Å². The number of hydrogen-bond acceptors (Lipinski definition) is 3. The minimum Gasteiger partial charge on any atom is -0.370 e. The number of carbonyl (C=O) groups is 1. The molecule has 1 aromatic heterocycles. The van der Waals surface area contributed by atoms with E-state index in [1.807, 2.05) is 37.8 Å². The van der Waals surface area contributed by atoms with Crippen LogP contribution in [0.3, 0.4) is 0 Å². The Hall–Kier alpha value is -1.58. The Morgan fingerprint density at radius 3 is 2.63 bits per heavy atom. The maximum atomic E-state index is 12.5. The van der Waals surface area contributed by atoms with E-state index in [4.69, 9.17) is 0 Å². The number of rotatable bonds is 7. The number of amides is 1. The zero-order valence-electron chi connectivity index (χ0n) is 12.5. The summed E-state index contributed by atoms with van der Waals surface area (Å²) in [5.74, 6) is 0.873. The number of hydrogen-bond donors (Lipinski definition) is 1. The van der Waals surface area contributed by atoms with Crippen LogP contribution in [0.4, 0.5) is 5.82 Å². The molecule has 4 heteroatoms. The largest absolute Gasteiger partial charge is 0.370 e. The summed E-state index contributed by atoms with van der Waals surface area (Å²) in [6.07, 6.45) is 2.14. The molecule has 0 radical (unpaired) electrons. The molecule has 0 aliphatic carbocycles. The smallest absolute Gasteiger partial charge is 0.254 e. The Labute approximate surface area is 116 Å². The minimum absolute atomic E-state index is 0.0978. The summed E-state index contributed by atoms with van der Waals surface area (Å²) in [6, 6.07) is 3.70. The molecule has 19 heavy (non-hydrogen) atoms. The highest BCUT2D eigenvalue weighted by Crippen LogP contribution is 2.13. The van der Waals surface area contributed by atoms with Gasteiger partial charge in [-0.15, -0.1) is 0 Å². The first-order valence-corrected chi connectivity index (χ1v) is 7.14. The average Bonchev–Trinajstić information content (AvgIpc) is 2.39. The van der Waals surface area contributed by atoms with E-state index in [1.54, 1.807) is 0 Å². The number of unbranched alkanes of at least 4 members (excludes halogenated alkanes) is 1. The van der Waals surface area contributed by atoms with Crippen LogP contribution in [-0.4, -0.2) is 35.4 Å². The second kappa shape index (κ2) is 7.77. The van der Waals surface area contributed by atoms with Gasteiger partial charge < -0.3 is 10.2 Å². The third-order valence-electron chi connectivity index (χ3n) is 3.01. The second-order valence-corrected chi connectivity index (χ2v) is 4.65. The third-order valence-corrected chi connectivity index (χ3v) is 3.01. The predicted octanol–water partition coefficient (Wildman–Crippen LogP) is 3.08. The standard InChI is InChI=1S/C15H25N3O/c1-5-8-9-18(7-3)15(19)13-10-12(4)17-14(11-13)16-6-2/h10-11H,5-9H2,1-4H3,(H,16,17). The van der Waals surface area contributed by atoms with Gasteiger partial charge in [0.05, 0.1) is 0 Å². The van der Waals surface area contributed by atoms with E-state index in [1.165, 1.54) is 0 Å². The molecular formula is C15H25N3O. The van der Waals surface area contributed by atoms with Crippen molar-refractivity contribution in [3.8, 4) is 0 Å². The van der Waals surface area contributed by atoms with Crippen LogP contribution in [-0.2, 0) is 0 Å². The van der Waals surface area contributed by atoms with Gasteiger partial charge in [0.2, 0.25) is 0 Å². The molecule has 0 aliphatic heterocycles. The molecule has 0 bridgehead atoms. The molecule has 1 N–H and O–H groups in total. The molecule has 1 aromatic rings. The van der Waals surface area contributed by atoms with Crippen LogP contribution in [0.25, 0.3) is 0 Å². The van der Waals surface area contributed by atoms with Gasteiger partial charge >= 0.3 is 0 Å². The molecular weight excluding hydrogens is 238 g/mol. The number of carbonyl (C=O) groups excluding carboxylic acids is 1. The molecule has 0 spiro atoms. The Kier molecular flexibility index (Phi) is 6.33. The molecule has 0 fully saturated rings. The van der Waals surface area contributed by atoms with Crippen molar-refractivity contribution in [2.24, 2.45) is 0 Å². The van der Waals surface area contributed by atoms with Gasteiger partial charge in [-0.3, -0.25) is 4.79 Å². The third kappa shape index (κ3) is 4.54. The second-order valence-electron chi connectivity index (χ2n) is 4.65. The molecule has 0 unspecified atom stereocenters. The van der Waals surface area contributed by atoms with Crippen molar-refractivity contribution >= 4 is 11.7 Å². The van der Waals surface area contributed by atoms with Gasteiger partial charge in [-0.1, -0.05) is 13.3 Å². The van der Waals surface area contributed by atoms with Gasteiger partial charge in [-0.25, -0.2) is 4.98 Å². The fraction of sp³-hybridized carbons (Fsp3) is 0.600. The van der Waals surface area contributed by atoms with E-state index >= 15 is 0 Å². The number of aromatic nitrogens is 1. The topological polar surface area (TPSA) is 45.2 Å². The van der Waals surface area contributed by atoms with E-state index in [2.05, 4.69) is 17.2 Å². The lowest BCUT2D eigenvalue weighted by Gasteiger charge is -2.21. The van der Waals surface area contributed by atoms with Crippen LogP contribution in [0.2, 0.25) is 0 Å². The molecule has 1 heterocycles. The summed E-state index contributed by atoms with van der Waals surface area (Å²) in [7, 11) is 0. The molecule has 4 nitrogen and oxygen atoms in total. The minimum atomic E-state index is 0.0978. The molecule has 0 aliphatic rings. The van der Waals surface area contributed by atoms with Crippen LogP contribution >= 0.6 is 0 Å². The summed E-state index contributed by atoms with van der Waals surface area (Å²) in [4.78, 5) is 18.7. The lowest BCUT2D eigenvalue weighted by atomic mass is 10.2. The Morgan fingerprint density at radius 2 is 2.05 bits per heavy atom. The summed E-state index contributed by atoms with van der Waals surface area (Å²) >= 11 is 0. The fourth-order valence-electron chi connectivity index (χ4n) is 2.00. The van der Waals surface area contributed by atoms with Crippen LogP contribution in [0.1, 0.15) is 49.7 Å². The first-order chi connectivity index (χ1) is 9.12. The maximum absolute atomic E-state index is 12.5. The maximum Gasteiger partial charge on any atom is 0.254 e. The summed E-state index contributed by atoms with van der Waals surface area (Å²) < 4.78 is 0. The predicted molar refractivity (Wildman–Crippen MR) is 79.6 cm³/mol. The van der Waals surface area contributed by atoms with E-state index in [0.29, 0.717) is 0 Å². The highest BCUT2D eigenvalue weighted by Gasteiger charge is 2.15. The Balaban J connectivity index is 2.90. The first kappa shape index (κ1) is 15.5. The number of pyridine rings is 1. The Bertz CT molecular complexity index is 418. The molecule has 1 amide bonds. The average molecular weight is 263 g/mol. The van der Waals surface area contributed by atoms with E-state index < -0.39 is 0 Å². The Morgan fingerprint density at radius 1 is 1.32 bits per heavy atom. The monoisotopic (exact) mass is 263 g/mol. The molecule has 106 valence electrons. The van der Waals surface area contributed by atoms with Gasteiger partial charge in [-0.05, 0) is 39.3 Å². The van der Waals surface area contributed by atoms with Crippen molar-refractivity contribution in [3.05, 3.63) is 23.4 Å². The molecule has 0 aromatic carbocycles. The number of anilines is 1. The van der Waals surface area contributed by atoms with Crippen molar-refractivity contribution in [2.75, 3.05) is 25.0 Å². The first-order valence-electron chi connectivity index (χ1n) is 7.14. The zero-order chi connectivity index (χ0) is 14.3. The molecule has 1 rings (SSSR count). The van der Waals surface area contributed by atoms with E-state index in [0.717, 1.165) is 49.6 Å². The van der Waals surface area contributed by atoms with Crippen LogP contribution < -0.4 is 5.32 Å². The fourth-order valence-corrected chi connectivity index (χ4v) is 2.00. The molecule has 0 saturated carbocycles. The van der Waals surface area contributed by atoms with Crippen molar-refractivity contribution in [2.45, 2.75) is 40.5 Å². The number of aryl methyl sites for hydroxylation is 1. The quantitative estimate of drug-likeness (QED) is 0.822. The van der Waals surface area contributed by atoms with Crippen LogP contribution in [0, 0.1) is 6.92 Å². The highest BCUT2D eigenvalue weighted by molar-refractivity contribution is 5.95. The van der Waals surface area contributed by atoms with E-state index in [-0.39, 0.29) is 5.91 Å². The van der Waals surface area contributed by atoms with Crippen molar-refractivity contribution in [1.29, 1.82) is 0 Å². The van der Waals surface area contributed by atoms with Gasteiger partial charge in [0.1, 0.15) is 5.82 Å². The van der Waals surface area contributed by atoms with Gasteiger partial charge in [-0.2, -0.15) is 0 Å². The van der Waals surface area contributed by atoms with Crippen molar-refractivity contribution < 1.29 is 4.79 Å². The SMILES string of the molecule is CCCCN(CC)C(=O)c1cc(C)nc(NCC)c1.